The van der Waals surface area contributed by atoms with E-state index in [9.17, 15) is 0 Å². The first-order chi connectivity index (χ1) is 8.29. The van der Waals surface area contributed by atoms with Gasteiger partial charge in [-0.05, 0) is 42.0 Å². The van der Waals surface area contributed by atoms with E-state index < -0.39 is 0 Å². The van der Waals surface area contributed by atoms with Crippen LogP contribution in [0.5, 0.6) is 0 Å². The highest BCUT2D eigenvalue weighted by Crippen LogP contribution is 2.14. The number of hydrogen-bond acceptors (Lipinski definition) is 0. The van der Waals surface area contributed by atoms with E-state index in [4.69, 9.17) is 0 Å². The fourth-order valence-electron chi connectivity index (χ4n) is 2.14. The molecule has 0 fully saturated rings. The highest BCUT2D eigenvalue weighted by atomic mass is 14.0. The number of benzene rings is 2. The van der Waals surface area contributed by atoms with Gasteiger partial charge in [0.05, 0.1) is 0 Å². The fraction of sp³-hybridized carbons (Fsp3) is 0.294. The highest BCUT2D eigenvalue weighted by molar-refractivity contribution is 5.33. The predicted molar refractivity (Wildman–Crippen MR) is 74.4 cm³/mol. The van der Waals surface area contributed by atoms with Crippen LogP contribution in [0.1, 0.15) is 35.6 Å². The van der Waals surface area contributed by atoms with E-state index in [-0.39, 0.29) is 0 Å². The molecule has 0 aliphatic carbocycles. The quantitative estimate of drug-likeness (QED) is 0.715. The minimum atomic E-state index is 1.04. The number of aryl methyl sites for hydroxylation is 2. The normalized spacial score (nSPS) is 10.5. The van der Waals surface area contributed by atoms with Crippen LogP contribution in [-0.4, -0.2) is 0 Å². The van der Waals surface area contributed by atoms with Crippen LogP contribution in [0.4, 0.5) is 0 Å². The van der Waals surface area contributed by atoms with Crippen LogP contribution in [0.2, 0.25) is 0 Å². The van der Waals surface area contributed by atoms with Gasteiger partial charge in [0.25, 0.3) is 0 Å². The van der Waals surface area contributed by atoms with Crippen molar-refractivity contribution in [3.8, 4) is 0 Å². The Bertz CT molecular complexity index is 466. The summed E-state index contributed by atoms with van der Waals surface area (Å²) >= 11 is 0. The molecular weight excluding hydrogens is 204 g/mol. The van der Waals surface area contributed by atoms with Crippen molar-refractivity contribution in [2.24, 2.45) is 0 Å². The second-order valence-corrected chi connectivity index (χ2v) is 4.67. The van der Waals surface area contributed by atoms with Crippen LogP contribution in [0.15, 0.2) is 48.5 Å². The Morgan fingerprint density at radius 2 is 1.47 bits per heavy atom. The fourth-order valence-corrected chi connectivity index (χ4v) is 2.14. The molecule has 0 N–H and O–H groups in total. The van der Waals surface area contributed by atoms with Gasteiger partial charge in [-0.25, -0.2) is 0 Å². The van der Waals surface area contributed by atoms with Crippen molar-refractivity contribution in [3.05, 3.63) is 70.8 Å². The molecule has 0 radical (unpaired) electrons. The van der Waals surface area contributed by atoms with Gasteiger partial charge in [-0.2, -0.15) is 0 Å². The van der Waals surface area contributed by atoms with Crippen LogP contribution in [0.3, 0.4) is 0 Å². The monoisotopic (exact) mass is 224 g/mol. The molecule has 88 valence electrons. The van der Waals surface area contributed by atoms with E-state index in [0.717, 1.165) is 6.42 Å². The summed E-state index contributed by atoms with van der Waals surface area (Å²) in [6, 6.07) is 17.7. The second kappa shape index (κ2) is 5.67. The molecule has 0 aliphatic rings. The molecule has 0 saturated carbocycles. The maximum absolute atomic E-state index is 2.26. The van der Waals surface area contributed by atoms with E-state index in [1.54, 1.807) is 0 Å². The Morgan fingerprint density at radius 3 is 2.12 bits per heavy atom. The molecular formula is C17H20. The Kier molecular flexibility index (Phi) is 3.98. The van der Waals surface area contributed by atoms with Crippen LogP contribution < -0.4 is 0 Å². The van der Waals surface area contributed by atoms with Gasteiger partial charge in [0.2, 0.25) is 0 Å². The molecule has 2 aromatic rings. The molecule has 0 atom stereocenters. The van der Waals surface area contributed by atoms with Crippen molar-refractivity contribution < 1.29 is 0 Å². The van der Waals surface area contributed by atoms with Crippen LogP contribution in [-0.2, 0) is 12.8 Å². The lowest BCUT2D eigenvalue weighted by molar-refractivity contribution is 0.920. The molecule has 17 heavy (non-hydrogen) atoms. The van der Waals surface area contributed by atoms with Gasteiger partial charge in [0.1, 0.15) is 0 Å². The Morgan fingerprint density at radius 1 is 0.824 bits per heavy atom. The molecule has 2 aromatic carbocycles. The Labute approximate surface area is 104 Å². The molecule has 0 saturated heterocycles. The molecule has 0 spiro atoms. The maximum atomic E-state index is 2.26. The summed E-state index contributed by atoms with van der Waals surface area (Å²) in [7, 11) is 0. The first-order valence-corrected chi connectivity index (χ1v) is 6.42. The molecule has 0 unspecified atom stereocenters. The third-order valence-corrected chi connectivity index (χ3v) is 3.22. The van der Waals surface area contributed by atoms with Gasteiger partial charge in [-0.15, -0.1) is 0 Å². The van der Waals surface area contributed by atoms with E-state index in [1.165, 1.54) is 35.1 Å². The van der Waals surface area contributed by atoms with Crippen molar-refractivity contribution >= 4 is 0 Å². The first-order valence-electron chi connectivity index (χ1n) is 6.42. The van der Waals surface area contributed by atoms with Crippen molar-refractivity contribution in [2.75, 3.05) is 0 Å². The van der Waals surface area contributed by atoms with E-state index >= 15 is 0 Å². The predicted octanol–water partition coefficient (Wildman–Crippen LogP) is 4.54. The zero-order valence-corrected chi connectivity index (χ0v) is 10.7. The van der Waals surface area contributed by atoms with Gasteiger partial charge >= 0.3 is 0 Å². The molecule has 0 aromatic heterocycles. The SMILES string of the molecule is CCCc1ccc(Cc2ccccc2C)cc1. The topological polar surface area (TPSA) is 0 Å². The molecule has 0 nitrogen and oxygen atoms in total. The Hall–Kier alpha value is -1.56. The van der Waals surface area contributed by atoms with Gasteiger partial charge in [0, 0.05) is 0 Å². The summed E-state index contributed by atoms with van der Waals surface area (Å²) in [5.74, 6) is 0. The summed E-state index contributed by atoms with van der Waals surface area (Å²) < 4.78 is 0. The smallest absolute Gasteiger partial charge is 0.00231 e. The standard InChI is InChI=1S/C17H20/c1-3-6-15-9-11-16(12-10-15)13-17-8-5-4-7-14(17)2/h4-5,7-12H,3,6,13H2,1-2H3. The second-order valence-electron chi connectivity index (χ2n) is 4.67. The minimum Gasteiger partial charge on any atom is -0.0651 e. The van der Waals surface area contributed by atoms with Crippen molar-refractivity contribution in [3.63, 3.8) is 0 Å². The van der Waals surface area contributed by atoms with Crippen LogP contribution in [0.25, 0.3) is 0 Å². The van der Waals surface area contributed by atoms with Gasteiger partial charge < -0.3 is 0 Å². The molecule has 0 amide bonds. The summed E-state index contributed by atoms with van der Waals surface area (Å²) in [4.78, 5) is 0. The molecule has 0 heterocycles. The van der Waals surface area contributed by atoms with Crippen molar-refractivity contribution in [1.29, 1.82) is 0 Å². The highest BCUT2D eigenvalue weighted by Gasteiger charge is 1.99. The molecule has 2 rings (SSSR count). The third kappa shape index (κ3) is 3.20. The zero-order chi connectivity index (χ0) is 12.1. The van der Waals surface area contributed by atoms with E-state index in [2.05, 4.69) is 62.4 Å². The largest absolute Gasteiger partial charge is 0.0651 e. The van der Waals surface area contributed by atoms with E-state index in [0.29, 0.717) is 0 Å². The molecule has 0 aliphatic heterocycles. The van der Waals surface area contributed by atoms with Gasteiger partial charge in [-0.1, -0.05) is 61.9 Å². The lowest BCUT2D eigenvalue weighted by Gasteiger charge is -2.06. The Balaban J connectivity index is 2.11. The third-order valence-electron chi connectivity index (χ3n) is 3.22. The van der Waals surface area contributed by atoms with Gasteiger partial charge in [0.15, 0.2) is 0 Å². The zero-order valence-electron chi connectivity index (χ0n) is 10.7. The number of rotatable bonds is 4. The summed E-state index contributed by atoms with van der Waals surface area (Å²) in [5.41, 5.74) is 5.65. The first kappa shape index (κ1) is 11.9. The number of hydrogen-bond donors (Lipinski definition) is 0. The average molecular weight is 224 g/mol. The lowest BCUT2D eigenvalue weighted by atomic mass is 9.99. The van der Waals surface area contributed by atoms with Gasteiger partial charge in [-0.3, -0.25) is 0 Å². The minimum absolute atomic E-state index is 1.04. The van der Waals surface area contributed by atoms with E-state index in [1.807, 2.05) is 0 Å². The molecule has 0 bridgehead atoms. The lowest BCUT2D eigenvalue weighted by Crippen LogP contribution is -1.92. The average Bonchev–Trinajstić information content (AvgIpc) is 2.35. The summed E-state index contributed by atoms with van der Waals surface area (Å²) in [5, 5.41) is 0. The maximum Gasteiger partial charge on any atom is -0.00231 e. The summed E-state index contributed by atoms with van der Waals surface area (Å²) in [6.07, 6.45) is 3.45. The summed E-state index contributed by atoms with van der Waals surface area (Å²) in [6.45, 7) is 4.40. The molecule has 0 heteroatoms. The van der Waals surface area contributed by atoms with Crippen molar-refractivity contribution in [2.45, 2.75) is 33.1 Å². The van der Waals surface area contributed by atoms with Crippen LogP contribution in [0, 0.1) is 6.92 Å². The van der Waals surface area contributed by atoms with Crippen molar-refractivity contribution in [1.82, 2.24) is 0 Å². The van der Waals surface area contributed by atoms with Crippen LogP contribution >= 0.6 is 0 Å².